The largest absolute Gasteiger partial charge is 0.424 e. The molecule has 0 fully saturated rings. The number of aromatic nitrogens is 3. The van der Waals surface area contributed by atoms with E-state index in [1.807, 2.05) is 42.5 Å². The van der Waals surface area contributed by atoms with Gasteiger partial charge in [0.05, 0.1) is 0 Å². The van der Waals surface area contributed by atoms with Gasteiger partial charge in [-0.3, -0.25) is 0 Å². The van der Waals surface area contributed by atoms with Gasteiger partial charge < -0.3 is 4.74 Å². The number of rotatable bonds is 3. The molecule has 3 aromatic rings. The first-order chi connectivity index (χ1) is 9.42. The molecule has 0 atom stereocenters. The zero-order chi connectivity index (χ0) is 12.9. The average Bonchev–Trinajstić information content (AvgIpc) is 2.49. The highest BCUT2D eigenvalue weighted by Gasteiger charge is 2.02. The summed E-state index contributed by atoms with van der Waals surface area (Å²) in [5.41, 5.74) is 2.23. The monoisotopic (exact) mass is 249 g/mol. The molecule has 4 nitrogen and oxygen atoms in total. The molecule has 0 radical (unpaired) electrons. The minimum absolute atomic E-state index is 0.292. The van der Waals surface area contributed by atoms with Crippen molar-refractivity contribution in [3.8, 4) is 22.9 Å². The van der Waals surface area contributed by atoms with Crippen LogP contribution >= 0.6 is 0 Å². The van der Waals surface area contributed by atoms with E-state index in [0.29, 0.717) is 11.8 Å². The Morgan fingerprint density at radius 3 is 2.26 bits per heavy atom. The maximum atomic E-state index is 5.58. The predicted molar refractivity (Wildman–Crippen MR) is 71.8 cm³/mol. The van der Waals surface area contributed by atoms with Crippen LogP contribution in [0.3, 0.4) is 0 Å². The van der Waals surface area contributed by atoms with Crippen LogP contribution in [0.4, 0.5) is 0 Å². The molecule has 1 aromatic heterocycles. The first kappa shape index (κ1) is 11.3. The number of benzene rings is 2. The lowest BCUT2D eigenvalue weighted by Gasteiger charge is -2.05. The highest BCUT2D eigenvalue weighted by Crippen LogP contribution is 2.25. The highest BCUT2D eigenvalue weighted by atomic mass is 16.5. The second-order valence-corrected chi connectivity index (χ2v) is 3.92. The van der Waals surface area contributed by atoms with Crippen molar-refractivity contribution in [1.82, 2.24) is 15.0 Å². The van der Waals surface area contributed by atoms with Crippen LogP contribution < -0.4 is 4.74 Å². The predicted octanol–water partition coefficient (Wildman–Crippen LogP) is 3.33. The number of ether oxygens (including phenoxy) is 1. The third kappa shape index (κ3) is 2.74. The third-order valence-corrected chi connectivity index (χ3v) is 2.62. The maximum absolute atomic E-state index is 5.58. The summed E-state index contributed by atoms with van der Waals surface area (Å²) in [7, 11) is 0. The van der Waals surface area contributed by atoms with Crippen molar-refractivity contribution in [2.75, 3.05) is 0 Å². The Morgan fingerprint density at radius 2 is 1.47 bits per heavy atom. The number of hydrogen-bond acceptors (Lipinski definition) is 4. The molecule has 0 unspecified atom stereocenters. The molecule has 0 saturated carbocycles. The van der Waals surface area contributed by atoms with Gasteiger partial charge in [-0.05, 0) is 23.3 Å². The Labute approximate surface area is 110 Å². The van der Waals surface area contributed by atoms with Crippen LogP contribution in [0.1, 0.15) is 0 Å². The summed E-state index contributed by atoms with van der Waals surface area (Å²) in [5, 5.41) is 0. The minimum atomic E-state index is 0.292. The molecule has 92 valence electrons. The zero-order valence-corrected chi connectivity index (χ0v) is 10.1. The summed E-state index contributed by atoms with van der Waals surface area (Å²) < 4.78 is 5.58. The molecule has 0 N–H and O–H groups in total. The van der Waals surface area contributed by atoms with Gasteiger partial charge in [-0.1, -0.05) is 42.5 Å². The Bertz CT molecular complexity index is 657. The summed E-state index contributed by atoms with van der Waals surface area (Å²) >= 11 is 0. The van der Waals surface area contributed by atoms with Crippen molar-refractivity contribution >= 4 is 0 Å². The second-order valence-electron chi connectivity index (χ2n) is 3.92. The molecule has 0 aliphatic heterocycles. The highest BCUT2D eigenvalue weighted by molar-refractivity contribution is 5.64. The van der Waals surface area contributed by atoms with E-state index in [1.165, 1.54) is 12.7 Å². The van der Waals surface area contributed by atoms with Crippen molar-refractivity contribution in [2.45, 2.75) is 0 Å². The molecule has 0 bridgehead atoms. The fraction of sp³-hybridized carbons (Fsp3) is 0. The lowest BCUT2D eigenvalue weighted by molar-refractivity contribution is 0.439. The van der Waals surface area contributed by atoms with Gasteiger partial charge >= 0.3 is 6.01 Å². The lowest BCUT2D eigenvalue weighted by atomic mass is 10.1. The molecule has 0 aliphatic carbocycles. The summed E-state index contributed by atoms with van der Waals surface area (Å²) in [6.45, 7) is 0. The first-order valence-electron chi connectivity index (χ1n) is 5.87. The number of nitrogens with zero attached hydrogens (tertiary/aromatic N) is 3. The Morgan fingerprint density at radius 1 is 0.737 bits per heavy atom. The second kappa shape index (κ2) is 5.27. The first-order valence-corrected chi connectivity index (χ1v) is 5.87. The fourth-order valence-electron chi connectivity index (χ4n) is 1.76. The Kier molecular flexibility index (Phi) is 3.14. The molecule has 3 rings (SSSR count). The summed E-state index contributed by atoms with van der Waals surface area (Å²) in [4.78, 5) is 11.6. The van der Waals surface area contributed by atoms with Gasteiger partial charge in [0.15, 0.2) is 0 Å². The van der Waals surface area contributed by atoms with Crippen LogP contribution in [0.15, 0.2) is 67.3 Å². The van der Waals surface area contributed by atoms with Crippen LogP contribution in [0.5, 0.6) is 11.8 Å². The van der Waals surface area contributed by atoms with Crippen LogP contribution in [0.2, 0.25) is 0 Å². The molecule has 2 aromatic carbocycles. The summed E-state index contributed by atoms with van der Waals surface area (Å²) in [6.07, 6.45) is 2.81. The third-order valence-electron chi connectivity index (χ3n) is 2.62. The van der Waals surface area contributed by atoms with Crippen molar-refractivity contribution in [2.24, 2.45) is 0 Å². The van der Waals surface area contributed by atoms with Crippen LogP contribution in [0.25, 0.3) is 11.1 Å². The van der Waals surface area contributed by atoms with Gasteiger partial charge in [0.1, 0.15) is 18.4 Å². The van der Waals surface area contributed by atoms with Gasteiger partial charge in [0.2, 0.25) is 0 Å². The van der Waals surface area contributed by atoms with Crippen LogP contribution in [-0.2, 0) is 0 Å². The SMILES string of the molecule is c1ccc(-c2cccc(Oc3ncncn3)c2)cc1. The zero-order valence-electron chi connectivity index (χ0n) is 10.1. The Balaban J connectivity index is 1.89. The van der Waals surface area contributed by atoms with Gasteiger partial charge in [0, 0.05) is 0 Å². The van der Waals surface area contributed by atoms with Crippen LogP contribution in [0, 0.1) is 0 Å². The van der Waals surface area contributed by atoms with Crippen molar-refractivity contribution in [1.29, 1.82) is 0 Å². The average molecular weight is 249 g/mol. The van der Waals surface area contributed by atoms with Gasteiger partial charge in [-0.15, -0.1) is 0 Å². The minimum Gasteiger partial charge on any atom is -0.424 e. The van der Waals surface area contributed by atoms with Crippen molar-refractivity contribution in [3.05, 3.63) is 67.3 Å². The molecule has 1 heterocycles. The normalized spacial score (nSPS) is 10.1. The molecule has 19 heavy (non-hydrogen) atoms. The van der Waals surface area contributed by atoms with Crippen molar-refractivity contribution < 1.29 is 4.74 Å². The van der Waals surface area contributed by atoms with Gasteiger partial charge in [0.25, 0.3) is 0 Å². The van der Waals surface area contributed by atoms with Crippen molar-refractivity contribution in [3.63, 3.8) is 0 Å². The maximum Gasteiger partial charge on any atom is 0.324 e. The smallest absolute Gasteiger partial charge is 0.324 e. The molecular weight excluding hydrogens is 238 g/mol. The van der Waals surface area contributed by atoms with E-state index >= 15 is 0 Å². The molecular formula is C15H11N3O. The fourth-order valence-corrected chi connectivity index (χ4v) is 1.76. The van der Waals surface area contributed by atoms with Crippen LogP contribution in [-0.4, -0.2) is 15.0 Å². The Hall–Kier alpha value is -2.75. The van der Waals surface area contributed by atoms with E-state index in [9.17, 15) is 0 Å². The van der Waals surface area contributed by atoms with E-state index in [0.717, 1.165) is 11.1 Å². The topological polar surface area (TPSA) is 47.9 Å². The molecule has 0 spiro atoms. The lowest BCUT2D eigenvalue weighted by Crippen LogP contribution is -1.91. The standard InChI is InChI=1S/C15H11N3O/c1-2-5-12(6-3-1)13-7-4-8-14(9-13)19-15-17-10-16-11-18-15/h1-11H. The molecule has 0 saturated heterocycles. The summed E-state index contributed by atoms with van der Waals surface area (Å²) in [6, 6.07) is 18.2. The molecule has 4 heteroatoms. The molecule has 0 amide bonds. The van der Waals surface area contributed by atoms with E-state index < -0.39 is 0 Å². The number of hydrogen-bond donors (Lipinski definition) is 0. The van der Waals surface area contributed by atoms with E-state index in [-0.39, 0.29) is 0 Å². The van der Waals surface area contributed by atoms with E-state index in [2.05, 4.69) is 27.1 Å². The molecule has 0 aliphatic rings. The van der Waals surface area contributed by atoms with Gasteiger partial charge in [-0.2, -0.15) is 9.97 Å². The quantitative estimate of drug-likeness (QED) is 0.714. The van der Waals surface area contributed by atoms with E-state index in [4.69, 9.17) is 4.74 Å². The van der Waals surface area contributed by atoms with Gasteiger partial charge in [-0.25, -0.2) is 4.98 Å². The van der Waals surface area contributed by atoms with E-state index in [1.54, 1.807) is 0 Å². The summed E-state index contributed by atoms with van der Waals surface area (Å²) in [5.74, 6) is 0.701.